The molecule has 2 N–H and O–H groups in total. The van der Waals surface area contributed by atoms with Crippen LogP contribution in [0.25, 0.3) is 0 Å². The number of morpholine rings is 1. The van der Waals surface area contributed by atoms with Crippen molar-refractivity contribution in [1.29, 1.82) is 0 Å². The van der Waals surface area contributed by atoms with Crippen molar-refractivity contribution in [2.24, 2.45) is 10.4 Å². The van der Waals surface area contributed by atoms with Crippen LogP contribution in [-0.4, -0.2) is 76.6 Å². The van der Waals surface area contributed by atoms with Gasteiger partial charge in [0.05, 0.1) is 13.2 Å². The highest BCUT2D eigenvalue weighted by atomic mass is 16.5. The van der Waals surface area contributed by atoms with E-state index in [1.54, 1.807) is 0 Å². The number of hydrogen-bond acceptors (Lipinski definition) is 4. The van der Waals surface area contributed by atoms with Gasteiger partial charge in [-0.3, -0.25) is 9.89 Å². The van der Waals surface area contributed by atoms with Gasteiger partial charge >= 0.3 is 0 Å². The van der Waals surface area contributed by atoms with Crippen LogP contribution in [0.15, 0.2) is 4.99 Å². The molecule has 1 heterocycles. The van der Waals surface area contributed by atoms with Crippen LogP contribution in [0.4, 0.5) is 0 Å². The average molecular weight is 369 g/mol. The number of ether oxygens (including phenoxy) is 2. The first-order valence-electron chi connectivity index (χ1n) is 10.7. The zero-order valence-corrected chi connectivity index (χ0v) is 17.0. The van der Waals surface area contributed by atoms with Crippen LogP contribution in [0, 0.1) is 5.41 Å². The highest BCUT2D eigenvalue weighted by molar-refractivity contribution is 5.79. The standard InChI is InChI=1S/C20H40N4O2/c1-3-21-19(22-11-7-12-24-13-16-26-17-14-24)23-18-20(8-5-6-9-20)10-15-25-4-2/h3-18H2,1-2H3,(H2,21,22,23). The molecule has 1 saturated carbocycles. The van der Waals surface area contributed by atoms with Crippen LogP contribution >= 0.6 is 0 Å². The molecular formula is C20H40N4O2. The lowest BCUT2D eigenvalue weighted by atomic mass is 9.83. The van der Waals surface area contributed by atoms with Crippen LogP contribution in [0.1, 0.15) is 52.4 Å². The molecule has 0 aromatic carbocycles. The van der Waals surface area contributed by atoms with E-state index in [1.807, 2.05) is 0 Å². The summed E-state index contributed by atoms with van der Waals surface area (Å²) in [5.41, 5.74) is 0.353. The van der Waals surface area contributed by atoms with Gasteiger partial charge in [-0.15, -0.1) is 0 Å². The summed E-state index contributed by atoms with van der Waals surface area (Å²) in [5.74, 6) is 0.970. The molecular weight excluding hydrogens is 328 g/mol. The van der Waals surface area contributed by atoms with Gasteiger partial charge in [-0.1, -0.05) is 12.8 Å². The molecule has 2 fully saturated rings. The van der Waals surface area contributed by atoms with Crippen LogP contribution in [-0.2, 0) is 9.47 Å². The van der Waals surface area contributed by atoms with Gasteiger partial charge in [0.15, 0.2) is 5.96 Å². The van der Waals surface area contributed by atoms with E-state index < -0.39 is 0 Å². The average Bonchev–Trinajstić information content (AvgIpc) is 3.13. The largest absolute Gasteiger partial charge is 0.382 e. The third-order valence-corrected chi connectivity index (χ3v) is 5.61. The number of aliphatic imine (C=N–C) groups is 1. The molecule has 1 aliphatic carbocycles. The SMILES string of the molecule is CCNC(=NCC1(CCOCC)CCCC1)NCCCN1CCOCC1. The van der Waals surface area contributed by atoms with Crippen molar-refractivity contribution in [2.75, 3.05) is 65.7 Å². The summed E-state index contributed by atoms with van der Waals surface area (Å²) in [5, 5.41) is 6.92. The monoisotopic (exact) mass is 368 g/mol. The molecule has 0 atom stereocenters. The smallest absolute Gasteiger partial charge is 0.191 e. The van der Waals surface area contributed by atoms with Gasteiger partial charge in [0.25, 0.3) is 0 Å². The van der Waals surface area contributed by atoms with E-state index in [4.69, 9.17) is 14.5 Å². The van der Waals surface area contributed by atoms with E-state index in [-0.39, 0.29) is 0 Å². The second-order valence-electron chi connectivity index (χ2n) is 7.58. The molecule has 2 rings (SSSR count). The summed E-state index contributed by atoms with van der Waals surface area (Å²) in [7, 11) is 0. The van der Waals surface area contributed by atoms with Crippen molar-refractivity contribution in [1.82, 2.24) is 15.5 Å². The van der Waals surface area contributed by atoms with E-state index in [1.165, 1.54) is 25.7 Å². The number of rotatable bonds is 11. The molecule has 0 aromatic heterocycles. The fraction of sp³-hybridized carbons (Fsp3) is 0.950. The molecule has 6 heteroatoms. The Morgan fingerprint density at radius 3 is 2.62 bits per heavy atom. The third-order valence-electron chi connectivity index (χ3n) is 5.61. The molecule has 1 aliphatic heterocycles. The van der Waals surface area contributed by atoms with Crippen LogP contribution in [0.5, 0.6) is 0 Å². The quantitative estimate of drug-likeness (QED) is 0.333. The van der Waals surface area contributed by atoms with Gasteiger partial charge in [0, 0.05) is 45.9 Å². The molecule has 0 amide bonds. The van der Waals surface area contributed by atoms with Gasteiger partial charge in [-0.2, -0.15) is 0 Å². The molecule has 0 bridgehead atoms. The summed E-state index contributed by atoms with van der Waals surface area (Å²) in [4.78, 5) is 7.42. The van der Waals surface area contributed by atoms with Gasteiger partial charge in [0.2, 0.25) is 0 Å². The first-order valence-corrected chi connectivity index (χ1v) is 10.7. The van der Waals surface area contributed by atoms with Crippen LogP contribution in [0.3, 0.4) is 0 Å². The van der Waals surface area contributed by atoms with Crippen molar-refractivity contribution < 1.29 is 9.47 Å². The minimum Gasteiger partial charge on any atom is -0.382 e. The van der Waals surface area contributed by atoms with Crippen molar-refractivity contribution in [3.05, 3.63) is 0 Å². The van der Waals surface area contributed by atoms with Crippen molar-refractivity contribution >= 4 is 5.96 Å². The summed E-state index contributed by atoms with van der Waals surface area (Å²) in [6.45, 7) is 13.7. The lowest BCUT2D eigenvalue weighted by Gasteiger charge is -2.28. The highest BCUT2D eigenvalue weighted by Gasteiger charge is 2.33. The molecule has 2 aliphatic rings. The second kappa shape index (κ2) is 12.5. The Labute approximate surface area is 160 Å². The number of nitrogens with one attached hydrogen (secondary N) is 2. The Morgan fingerprint density at radius 2 is 1.92 bits per heavy atom. The third kappa shape index (κ3) is 7.80. The van der Waals surface area contributed by atoms with Crippen LogP contribution in [0.2, 0.25) is 0 Å². The van der Waals surface area contributed by atoms with Gasteiger partial charge < -0.3 is 20.1 Å². The maximum Gasteiger partial charge on any atom is 0.191 e. The maximum absolute atomic E-state index is 5.62. The molecule has 1 saturated heterocycles. The highest BCUT2D eigenvalue weighted by Crippen LogP contribution is 2.41. The Hall–Kier alpha value is -0.850. The summed E-state index contributed by atoms with van der Waals surface area (Å²) in [6.07, 6.45) is 7.54. The van der Waals surface area contributed by atoms with E-state index in [2.05, 4.69) is 29.4 Å². The topological polar surface area (TPSA) is 58.1 Å². The van der Waals surface area contributed by atoms with E-state index in [0.717, 1.165) is 84.5 Å². The predicted octanol–water partition coefficient (Wildman–Crippen LogP) is 2.25. The lowest BCUT2D eigenvalue weighted by Crippen LogP contribution is -2.41. The number of nitrogens with zero attached hydrogens (tertiary/aromatic N) is 2. The van der Waals surface area contributed by atoms with Gasteiger partial charge in [0.1, 0.15) is 0 Å². The molecule has 0 radical (unpaired) electrons. The number of hydrogen-bond donors (Lipinski definition) is 2. The molecule has 0 spiro atoms. The molecule has 6 nitrogen and oxygen atoms in total. The van der Waals surface area contributed by atoms with Crippen molar-refractivity contribution in [3.63, 3.8) is 0 Å². The van der Waals surface area contributed by atoms with E-state index in [0.29, 0.717) is 5.41 Å². The predicted molar refractivity (Wildman–Crippen MR) is 108 cm³/mol. The Balaban J connectivity index is 1.74. The van der Waals surface area contributed by atoms with Crippen LogP contribution < -0.4 is 10.6 Å². The lowest BCUT2D eigenvalue weighted by molar-refractivity contribution is 0.0376. The van der Waals surface area contributed by atoms with Crippen molar-refractivity contribution in [2.45, 2.75) is 52.4 Å². The normalized spacial score (nSPS) is 21.1. The first-order chi connectivity index (χ1) is 12.8. The molecule has 0 aromatic rings. The summed E-state index contributed by atoms with van der Waals surface area (Å²) >= 11 is 0. The van der Waals surface area contributed by atoms with E-state index in [9.17, 15) is 0 Å². The Morgan fingerprint density at radius 1 is 1.15 bits per heavy atom. The fourth-order valence-electron chi connectivity index (χ4n) is 3.97. The zero-order chi connectivity index (χ0) is 18.5. The minimum atomic E-state index is 0.353. The molecule has 26 heavy (non-hydrogen) atoms. The first kappa shape index (κ1) is 21.5. The maximum atomic E-state index is 5.62. The zero-order valence-electron chi connectivity index (χ0n) is 17.0. The van der Waals surface area contributed by atoms with Gasteiger partial charge in [-0.05, 0) is 51.5 Å². The summed E-state index contributed by atoms with van der Waals surface area (Å²) < 4.78 is 11.0. The van der Waals surface area contributed by atoms with E-state index >= 15 is 0 Å². The van der Waals surface area contributed by atoms with Gasteiger partial charge in [-0.25, -0.2) is 0 Å². The fourth-order valence-corrected chi connectivity index (χ4v) is 3.97. The number of guanidine groups is 1. The molecule has 152 valence electrons. The molecule has 0 unspecified atom stereocenters. The second-order valence-corrected chi connectivity index (χ2v) is 7.58. The van der Waals surface area contributed by atoms with Crippen molar-refractivity contribution in [3.8, 4) is 0 Å². The minimum absolute atomic E-state index is 0.353. The summed E-state index contributed by atoms with van der Waals surface area (Å²) in [6, 6.07) is 0. The Kier molecular flexibility index (Phi) is 10.3. The Bertz CT molecular complexity index is 391.